The van der Waals surface area contributed by atoms with Gasteiger partial charge < -0.3 is 5.11 Å². The van der Waals surface area contributed by atoms with Crippen molar-refractivity contribution in [3.63, 3.8) is 0 Å². The number of nitrogens with one attached hydrogen (secondary N) is 1. The molecule has 0 unspecified atom stereocenters. The van der Waals surface area contributed by atoms with Crippen LogP contribution in [0.25, 0.3) is 0 Å². The number of hydrogen-bond donors (Lipinski definition) is 2. The highest BCUT2D eigenvalue weighted by Gasteiger charge is 2.23. The van der Waals surface area contributed by atoms with E-state index in [0.717, 1.165) is 0 Å². The van der Waals surface area contributed by atoms with Crippen molar-refractivity contribution in [1.29, 1.82) is 0 Å². The Balaban J connectivity index is 3.42. The zero-order valence-corrected chi connectivity index (χ0v) is 11.1. The summed E-state index contributed by atoms with van der Waals surface area (Å²) in [6.07, 6.45) is 0. The van der Waals surface area contributed by atoms with Crippen molar-refractivity contribution >= 4 is 27.6 Å². The second-order valence-electron chi connectivity index (χ2n) is 3.84. The van der Waals surface area contributed by atoms with E-state index in [1.807, 2.05) is 0 Å². The van der Waals surface area contributed by atoms with Gasteiger partial charge in [-0.3, -0.25) is 0 Å². The highest BCUT2D eigenvalue weighted by Crippen LogP contribution is 2.25. The van der Waals surface area contributed by atoms with Gasteiger partial charge in [0.1, 0.15) is 10.7 Å². The summed E-state index contributed by atoms with van der Waals surface area (Å²) in [6.45, 7) is 3.18. The number of carbonyl (C=O) groups is 1. The summed E-state index contributed by atoms with van der Waals surface area (Å²) < 4.78 is 39.2. The average molecular weight is 296 g/mol. The smallest absolute Gasteiger partial charge is 0.338 e. The maximum Gasteiger partial charge on any atom is 0.338 e. The summed E-state index contributed by atoms with van der Waals surface area (Å²) in [4.78, 5) is 10.3. The first-order valence-electron chi connectivity index (χ1n) is 4.90. The lowest BCUT2D eigenvalue weighted by Crippen LogP contribution is -2.30. The van der Waals surface area contributed by atoms with Crippen LogP contribution in [0.5, 0.6) is 0 Å². The standard InChI is InChI=1S/C10H11ClFNO4S/c1-5(2)13-18(16,17)9-3-6(10(14)15)8(12)4-7(9)11/h3-5,13H,1-2H3,(H,14,15). The van der Waals surface area contributed by atoms with Crippen LogP contribution in [0.2, 0.25) is 5.02 Å². The molecule has 0 aliphatic heterocycles. The van der Waals surface area contributed by atoms with Gasteiger partial charge in [0.2, 0.25) is 10.0 Å². The molecule has 0 atom stereocenters. The number of halogens is 2. The number of benzene rings is 1. The summed E-state index contributed by atoms with van der Waals surface area (Å²) >= 11 is 5.62. The van der Waals surface area contributed by atoms with Gasteiger partial charge in [-0.25, -0.2) is 22.3 Å². The van der Waals surface area contributed by atoms with Gasteiger partial charge in [-0.15, -0.1) is 0 Å². The zero-order chi connectivity index (χ0) is 14.1. The van der Waals surface area contributed by atoms with E-state index in [4.69, 9.17) is 16.7 Å². The molecule has 0 radical (unpaired) electrons. The Kier molecular flexibility index (Phi) is 4.31. The van der Waals surface area contributed by atoms with Crippen LogP contribution in [0.4, 0.5) is 4.39 Å². The fraction of sp³-hybridized carbons (Fsp3) is 0.300. The molecule has 1 aromatic carbocycles. The molecule has 1 aromatic rings. The van der Waals surface area contributed by atoms with E-state index in [1.165, 1.54) is 0 Å². The van der Waals surface area contributed by atoms with Crippen molar-refractivity contribution in [3.8, 4) is 0 Å². The third-order valence-corrected chi connectivity index (χ3v) is 4.06. The second kappa shape index (κ2) is 5.21. The van der Waals surface area contributed by atoms with Crippen LogP contribution in [0, 0.1) is 5.82 Å². The van der Waals surface area contributed by atoms with Crippen molar-refractivity contribution < 1.29 is 22.7 Å². The second-order valence-corrected chi connectivity index (χ2v) is 5.93. The number of carboxylic acids is 1. The minimum atomic E-state index is -3.97. The van der Waals surface area contributed by atoms with E-state index in [-0.39, 0.29) is 5.02 Å². The zero-order valence-electron chi connectivity index (χ0n) is 9.57. The Bertz CT molecular complexity index is 586. The fourth-order valence-corrected chi connectivity index (χ4v) is 3.06. The van der Waals surface area contributed by atoms with Crippen LogP contribution in [0.1, 0.15) is 24.2 Å². The monoisotopic (exact) mass is 295 g/mol. The Hall–Kier alpha value is -1.18. The summed E-state index contributed by atoms with van der Waals surface area (Å²) in [7, 11) is -3.97. The highest BCUT2D eigenvalue weighted by molar-refractivity contribution is 7.89. The Labute approximate surface area is 109 Å². The van der Waals surface area contributed by atoms with Gasteiger partial charge in [0.25, 0.3) is 0 Å². The van der Waals surface area contributed by atoms with Crippen molar-refractivity contribution in [2.45, 2.75) is 24.8 Å². The molecule has 0 heterocycles. The molecule has 0 bridgehead atoms. The third kappa shape index (κ3) is 3.18. The molecule has 100 valence electrons. The molecule has 0 saturated heterocycles. The maximum absolute atomic E-state index is 13.3. The Morgan fingerprint density at radius 3 is 2.44 bits per heavy atom. The summed E-state index contributed by atoms with van der Waals surface area (Å²) in [5.74, 6) is -2.65. The maximum atomic E-state index is 13.3. The molecule has 8 heteroatoms. The van der Waals surface area contributed by atoms with Crippen LogP contribution < -0.4 is 4.72 Å². The van der Waals surface area contributed by atoms with Crippen LogP contribution in [-0.4, -0.2) is 25.5 Å². The van der Waals surface area contributed by atoms with E-state index in [1.54, 1.807) is 13.8 Å². The van der Waals surface area contributed by atoms with Crippen LogP contribution in [0.15, 0.2) is 17.0 Å². The van der Waals surface area contributed by atoms with E-state index in [2.05, 4.69) is 4.72 Å². The lowest BCUT2D eigenvalue weighted by atomic mass is 10.2. The minimum Gasteiger partial charge on any atom is -0.478 e. The topological polar surface area (TPSA) is 83.5 Å². The molecule has 2 N–H and O–H groups in total. The molecular formula is C10H11ClFNO4S. The van der Waals surface area contributed by atoms with E-state index in [0.29, 0.717) is 12.1 Å². The van der Waals surface area contributed by atoms with Crippen LogP contribution in [-0.2, 0) is 10.0 Å². The normalized spacial score (nSPS) is 11.8. The van der Waals surface area contributed by atoms with Crippen molar-refractivity contribution in [2.24, 2.45) is 0 Å². The Morgan fingerprint density at radius 2 is 2.00 bits per heavy atom. The summed E-state index contributed by atoms with van der Waals surface area (Å²) in [6, 6.07) is 0.967. The number of carboxylic acid groups (broad SMARTS) is 1. The highest BCUT2D eigenvalue weighted by atomic mass is 35.5. The molecule has 1 rings (SSSR count). The molecule has 0 aliphatic rings. The molecule has 0 fully saturated rings. The number of rotatable bonds is 4. The van der Waals surface area contributed by atoms with E-state index >= 15 is 0 Å². The third-order valence-electron chi connectivity index (χ3n) is 1.93. The van der Waals surface area contributed by atoms with Gasteiger partial charge in [0.15, 0.2) is 0 Å². The average Bonchev–Trinajstić information content (AvgIpc) is 2.13. The van der Waals surface area contributed by atoms with E-state index < -0.39 is 38.3 Å². The van der Waals surface area contributed by atoms with Gasteiger partial charge in [0, 0.05) is 6.04 Å². The first-order chi connectivity index (χ1) is 8.15. The van der Waals surface area contributed by atoms with Crippen molar-refractivity contribution in [2.75, 3.05) is 0 Å². The molecule has 0 amide bonds. The molecular weight excluding hydrogens is 285 g/mol. The van der Waals surface area contributed by atoms with Gasteiger partial charge in [-0.2, -0.15) is 0 Å². The van der Waals surface area contributed by atoms with E-state index in [9.17, 15) is 17.6 Å². The predicted molar refractivity (Wildman–Crippen MR) is 63.8 cm³/mol. The molecule has 0 spiro atoms. The number of hydrogen-bond acceptors (Lipinski definition) is 3. The molecule has 18 heavy (non-hydrogen) atoms. The minimum absolute atomic E-state index is 0.370. The summed E-state index contributed by atoms with van der Waals surface area (Å²) in [5.41, 5.74) is -0.747. The number of aromatic carboxylic acids is 1. The molecule has 5 nitrogen and oxygen atoms in total. The lowest BCUT2D eigenvalue weighted by Gasteiger charge is -2.11. The van der Waals surface area contributed by atoms with Gasteiger partial charge in [-0.05, 0) is 26.0 Å². The van der Waals surface area contributed by atoms with Gasteiger partial charge in [-0.1, -0.05) is 11.6 Å². The predicted octanol–water partition coefficient (Wildman–Crippen LogP) is 1.86. The van der Waals surface area contributed by atoms with Crippen molar-refractivity contribution in [3.05, 3.63) is 28.5 Å². The quantitative estimate of drug-likeness (QED) is 0.888. The largest absolute Gasteiger partial charge is 0.478 e. The SMILES string of the molecule is CC(C)NS(=O)(=O)c1cc(C(=O)O)c(F)cc1Cl. The first-order valence-corrected chi connectivity index (χ1v) is 6.76. The first kappa shape index (κ1) is 14.9. The lowest BCUT2D eigenvalue weighted by molar-refractivity contribution is 0.0691. The number of sulfonamides is 1. The molecule has 0 saturated carbocycles. The summed E-state index contributed by atoms with van der Waals surface area (Å²) in [5, 5.41) is 8.36. The molecule has 0 aliphatic carbocycles. The molecule has 0 aromatic heterocycles. The van der Waals surface area contributed by atoms with Crippen molar-refractivity contribution in [1.82, 2.24) is 4.72 Å². The Morgan fingerprint density at radius 1 is 1.44 bits per heavy atom. The van der Waals surface area contributed by atoms with Gasteiger partial charge in [0.05, 0.1) is 10.6 Å². The van der Waals surface area contributed by atoms with Crippen LogP contribution in [0.3, 0.4) is 0 Å². The van der Waals surface area contributed by atoms with Gasteiger partial charge >= 0.3 is 5.97 Å². The van der Waals surface area contributed by atoms with Crippen LogP contribution >= 0.6 is 11.6 Å². The fourth-order valence-electron chi connectivity index (χ4n) is 1.27.